The molecular weight excluding hydrogens is 324 g/mol. The van der Waals surface area contributed by atoms with Crippen molar-refractivity contribution in [2.75, 3.05) is 5.32 Å². The summed E-state index contributed by atoms with van der Waals surface area (Å²) >= 11 is 1.20. The Morgan fingerprint density at radius 3 is 2.96 bits per heavy atom. The van der Waals surface area contributed by atoms with Crippen LogP contribution in [-0.4, -0.2) is 20.3 Å². The fraction of sp³-hybridized carbons (Fsp3) is 0.0588. The van der Waals surface area contributed by atoms with E-state index >= 15 is 0 Å². The van der Waals surface area contributed by atoms with Crippen LogP contribution in [0.2, 0.25) is 0 Å². The van der Waals surface area contributed by atoms with Gasteiger partial charge in [-0.2, -0.15) is 0 Å². The maximum atomic E-state index is 12.6. The Bertz CT molecular complexity index is 1130. The van der Waals surface area contributed by atoms with Crippen LogP contribution in [0.4, 0.5) is 5.69 Å². The minimum Gasteiger partial charge on any atom is -0.320 e. The summed E-state index contributed by atoms with van der Waals surface area (Å²) in [5.74, 6) is -0.282. The summed E-state index contributed by atoms with van der Waals surface area (Å²) < 4.78 is 1.51. The fourth-order valence-electron chi connectivity index (χ4n) is 2.45. The highest BCUT2D eigenvalue weighted by Crippen LogP contribution is 2.23. The van der Waals surface area contributed by atoms with Crippen molar-refractivity contribution in [1.82, 2.24) is 14.4 Å². The van der Waals surface area contributed by atoms with Gasteiger partial charge in [-0.1, -0.05) is 6.07 Å². The zero-order chi connectivity index (χ0) is 16.7. The number of fused-ring (bicyclic) bond motifs is 2. The molecule has 7 heteroatoms. The molecule has 0 saturated carbocycles. The van der Waals surface area contributed by atoms with Crippen molar-refractivity contribution in [2.45, 2.75) is 6.92 Å². The molecule has 0 bridgehead atoms. The Hall–Kier alpha value is -3.06. The number of hydrogen-bond donors (Lipinski definition) is 1. The Balaban J connectivity index is 1.80. The van der Waals surface area contributed by atoms with E-state index in [1.807, 2.05) is 13.0 Å². The normalized spacial score (nSPS) is 11.0. The van der Waals surface area contributed by atoms with E-state index in [4.69, 9.17) is 0 Å². The minimum atomic E-state index is -0.282. The number of thiophene rings is 1. The van der Waals surface area contributed by atoms with Crippen LogP contribution in [0.1, 0.15) is 15.2 Å². The highest BCUT2D eigenvalue weighted by atomic mass is 32.1. The molecule has 118 valence electrons. The summed E-state index contributed by atoms with van der Waals surface area (Å²) in [5.41, 5.74) is 1.97. The van der Waals surface area contributed by atoms with E-state index in [1.165, 1.54) is 15.7 Å². The van der Waals surface area contributed by atoms with Crippen LogP contribution in [0.25, 0.3) is 15.9 Å². The predicted molar refractivity (Wildman–Crippen MR) is 93.8 cm³/mol. The van der Waals surface area contributed by atoms with Crippen LogP contribution in [0.3, 0.4) is 0 Å². The maximum absolute atomic E-state index is 12.6. The number of aryl methyl sites for hydroxylation is 1. The second kappa shape index (κ2) is 5.54. The van der Waals surface area contributed by atoms with Gasteiger partial charge < -0.3 is 5.32 Å². The number of hydrogen-bond acceptors (Lipinski definition) is 5. The summed E-state index contributed by atoms with van der Waals surface area (Å²) in [6, 6.07) is 8.78. The standard InChI is InChI=1S/C17H12N4O2S/c1-10-4-5-14-20-16-12(17(23)21(14)9-10)7-13(24-16)15(22)19-11-3-2-6-18-8-11/h2-9H,1H3,(H,19,22). The number of carbonyl (C=O) groups is 1. The van der Waals surface area contributed by atoms with E-state index in [9.17, 15) is 9.59 Å². The largest absolute Gasteiger partial charge is 0.320 e. The van der Waals surface area contributed by atoms with Crippen LogP contribution >= 0.6 is 11.3 Å². The quantitative estimate of drug-likeness (QED) is 0.611. The van der Waals surface area contributed by atoms with Crippen LogP contribution in [0, 0.1) is 6.92 Å². The van der Waals surface area contributed by atoms with Gasteiger partial charge in [0.25, 0.3) is 11.5 Å². The molecule has 4 aromatic heterocycles. The molecule has 0 spiro atoms. The van der Waals surface area contributed by atoms with Crippen LogP contribution in [-0.2, 0) is 0 Å². The second-order valence-corrected chi connectivity index (χ2v) is 6.41. The first-order valence-electron chi connectivity index (χ1n) is 7.26. The molecule has 1 N–H and O–H groups in total. The average Bonchev–Trinajstić information content (AvgIpc) is 3.01. The number of amides is 1. The van der Waals surface area contributed by atoms with E-state index in [2.05, 4.69) is 15.3 Å². The first-order chi connectivity index (χ1) is 11.6. The summed E-state index contributed by atoms with van der Waals surface area (Å²) in [5, 5.41) is 3.21. The van der Waals surface area contributed by atoms with Gasteiger partial charge in [-0.25, -0.2) is 4.98 Å². The molecular formula is C17H12N4O2S. The minimum absolute atomic E-state index is 0.171. The van der Waals surface area contributed by atoms with Gasteiger partial charge in [0, 0.05) is 12.4 Å². The van der Waals surface area contributed by atoms with E-state index < -0.39 is 0 Å². The zero-order valence-corrected chi connectivity index (χ0v) is 13.5. The highest BCUT2D eigenvalue weighted by molar-refractivity contribution is 7.20. The molecule has 0 aliphatic carbocycles. The fourth-order valence-corrected chi connectivity index (χ4v) is 3.37. The topological polar surface area (TPSA) is 76.4 Å². The summed E-state index contributed by atoms with van der Waals surface area (Å²) in [6.07, 6.45) is 4.94. The lowest BCUT2D eigenvalue weighted by Crippen LogP contribution is -2.14. The van der Waals surface area contributed by atoms with Crippen LogP contribution < -0.4 is 10.9 Å². The SMILES string of the molecule is Cc1ccc2nc3sc(C(=O)Nc4cccnc4)cc3c(=O)n2c1. The van der Waals surface area contributed by atoms with E-state index in [0.29, 0.717) is 26.4 Å². The van der Waals surface area contributed by atoms with Crippen molar-refractivity contribution >= 4 is 38.8 Å². The van der Waals surface area contributed by atoms with Crippen LogP contribution in [0.5, 0.6) is 0 Å². The highest BCUT2D eigenvalue weighted by Gasteiger charge is 2.15. The Kier molecular flexibility index (Phi) is 3.35. The Morgan fingerprint density at radius 1 is 1.29 bits per heavy atom. The number of nitrogens with one attached hydrogen (secondary N) is 1. The summed E-state index contributed by atoms with van der Waals surface area (Å²) in [6.45, 7) is 1.91. The maximum Gasteiger partial charge on any atom is 0.266 e. The molecule has 0 aliphatic rings. The Morgan fingerprint density at radius 2 is 2.17 bits per heavy atom. The molecule has 0 radical (unpaired) electrons. The van der Waals surface area contributed by atoms with Crippen molar-refractivity contribution in [2.24, 2.45) is 0 Å². The molecule has 0 aliphatic heterocycles. The molecule has 24 heavy (non-hydrogen) atoms. The van der Waals surface area contributed by atoms with E-state index in [-0.39, 0.29) is 11.5 Å². The molecule has 0 atom stereocenters. The van der Waals surface area contributed by atoms with Gasteiger partial charge in [-0.05, 0) is 36.8 Å². The van der Waals surface area contributed by atoms with Gasteiger partial charge in [0.2, 0.25) is 0 Å². The van der Waals surface area contributed by atoms with Gasteiger partial charge in [0.1, 0.15) is 10.5 Å². The third kappa shape index (κ3) is 2.44. The number of anilines is 1. The molecule has 0 fully saturated rings. The number of carbonyl (C=O) groups excluding carboxylic acids is 1. The smallest absolute Gasteiger partial charge is 0.266 e. The lowest BCUT2D eigenvalue weighted by atomic mass is 10.3. The third-order valence-corrected chi connectivity index (χ3v) is 4.62. The number of pyridine rings is 2. The number of rotatable bonds is 2. The average molecular weight is 336 g/mol. The first kappa shape index (κ1) is 14.5. The van der Waals surface area contributed by atoms with E-state index in [0.717, 1.165) is 5.56 Å². The number of nitrogens with zero attached hydrogens (tertiary/aromatic N) is 3. The molecule has 0 unspecified atom stereocenters. The third-order valence-electron chi connectivity index (χ3n) is 3.60. The van der Waals surface area contributed by atoms with E-state index in [1.54, 1.807) is 42.9 Å². The lowest BCUT2D eigenvalue weighted by molar-refractivity contribution is 0.103. The van der Waals surface area contributed by atoms with Gasteiger partial charge in [0.05, 0.1) is 22.1 Å². The molecule has 4 aromatic rings. The molecule has 4 heterocycles. The second-order valence-electron chi connectivity index (χ2n) is 5.38. The number of aromatic nitrogens is 3. The predicted octanol–water partition coefficient (Wildman–Crippen LogP) is 2.86. The molecule has 0 saturated heterocycles. The lowest BCUT2D eigenvalue weighted by Gasteiger charge is -2.01. The molecule has 4 rings (SSSR count). The van der Waals surface area contributed by atoms with Crippen molar-refractivity contribution in [1.29, 1.82) is 0 Å². The van der Waals surface area contributed by atoms with Gasteiger partial charge in [-0.3, -0.25) is 19.0 Å². The van der Waals surface area contributed by atoms with Gasteiger partial charge >= 0.3 is 0 Å². The Labute approximate surface area is 140 Å². The molecule has 0 aromatic carbocycles. The van der Waals surface area contributed by atoms with Crippen molar-refractivity contribution in [3.05, 3.63) is 69.7 Å². The van der Waals surface area contributed by atoms with Gasteiger partial charge in [-0.15, -0.1) is 11.3 Å². The summed E-state index contributed by atoms with van der Waals surface area (Å²) in [4.78, 5) is 34.4. The van der Waals surface area contributed by atoms with Crippen molar-refractivity contribution < 1.29 is 4.79 Å². The molecule has 1 amide bonds. The van der Waals surface area contributed by atoms with Crippen molar-refractivity contribution in [3.8, 4) is 0 Å². The summed E-state index contributed by atoms with van der Waals surface area (Å²) in [7, 11) is 0. The van der Waals surface area contributed by atoms with Crippen molar-refractivity contribution in [3.63, 3.8) is 0 Å². The molecule has 6 nitrogen and oxygen atoms in total. The first-order valence-corrected chi connectivity index (χ1v) is 8.07. The zero-order valence-electron chi connectivity index (χ0n) is 12.7. The monoisotopic (exact) mass is 336 g/mol. The van der Waals surface area contributed by atoms with Gasteiger partial charge in [0.15, 0.2) is 0 Å². The van der Waals surface area contributed by atoms with Crippen LogP contribution in [0.15, 0.2) is 53.7 Å².